The van der Waals surface area contributed by atoms with Crippen molar-refractivity contribution in [1.29, 1.82) is 0 Å². The minimum atomic E-state index is 0. The zero-order chi connectivity index (χ0) is 7.98. The van der Waals surface area contributed by atoms with Gasteiger partial charge in [-0.3, -0.25) is 0 Å². The van der Waals surface area contributed by atoms with Gasteiger partial charge in [-0.05, 0) is 0 Å². The third-order valence-electron chi connectivity index (χ3n) is 0.664. The van der Waals surface area contributed by atoms with Crippen molar-refractivity contribution in [3.8, 4) is 0 Å². The normalized spacial score (nSPS) is 7.64. The van der Waals surface area contributed by atoms with Crippen LogP contribution < -0.4 is 10.6 Å². The summed E-state index contributed by atoms with van der Waals surface area (Å²) >= 11 is 18.4. The largest absolute Gasteiger partial charge is 2.00 e. The summed E-state index contributed by atoms with van der Waals surface area (Å²) in [6.07, 6.45) is 0. The number of thiocarbonyl (C=S) groups is 2. The molecule has 0 spiro atoms. The van der Waals surface area contributed by atoms with Crippen molar-refractivity contribution in [2.45, 2.75) is 0 Å². The molecule has 0 aliphatic rings. The van der Waals surface area contributed by atoms with Crippen LogP contribution in [-0.4, -0.2) is 21.7 Å². The van der Waals surface area contributed by atoms with Crippen molar-refractivity contribution in [2.75, 3.05) is 13.1 Å². The van der Waals surface area contributed by atoms with E-state index >= 15 is 0 Å². The first-order chi connectivity index (χ1) is 4.63. The smallest absolute Gasteiger partial charge is 0.412 e. The van der Waals surface area contributed by atoms with Crippen LogP contribution in [0.2, 0.25) is 0 Å². The Labute approximate surface area is 109 Å². The Balaban J connectivity index is 0. The second kappa shape index (κ2) is 9.24. The molecule has 0 radical (unpaired) electrons. The van der Waals surface area contributed by atoms with E-state index in [-0.39, 0.29) is 27.7 Å². The molecule has 0 unspecified atom stereocenters. The zero-order valence-electron chi connectivity index (χ0n) is 5.75. The standard InChI is InChI=1S/C4H8N2S4.Hg/c7-3(8)5-1-2-6-4(9)10;/h1-2H2,(H2,5,7,8)(H2,6,9,10);/q;+2/p-2. The molecule has 0 bridgehead atoms. The van der Waals surface area contributed by atoms with Crippen molar-refractivity contribution in [3.05, 3.63) is 0 Å². The molecule has 2 N–H and O–H groups in total. The van der Waals surface area contributed by atoms with Crippen molar-refractivity contribution in [2.24, 2.45) is 0 Å². The molecule has 2 nitrogen and oxygen atoms in total. The summed E-state index contributed by atoms with van der Waals surface area (Å²) in [5.74, 6) is 0. The fourth-order valence-electron chi connectivity index (χ4n) is 0.329. The van der Waals surface area contributed by atoms with Crippen LogP contribution in [-0.2, 0) is 52.9 Å². The van der Waals surface area contributed by atoms with Gasteiger partial charge in [0.05, 0.1) is 0 Å². The molecular formula is C4H6HgN2S4. The van der Waals surface area contributed by atoms with Crippen LogP contribution >= 0.6 is 24.4 Å². The van der Waals surface area contributed by atoms with Gasteiger partial charge < -0.3 is 60.3 Å². The first-order valence-electron chi connectivity index (χ1n) is 2.52. The van der Waals surface area contributed by atoms with E-state index in [2.05, 4.69) is 60.3 Å². The summed E-state index contributed by atoms with van der Waals surface area (Å²) in [5, 5.41) is 5.56. The van der Waals surface area contributed by atoms with Gasteiger partial charge in [-0.2, -0.15) is 0 Å². The number of rotatable bonds is 3. The molecule has 0 aromatic carbocycles. The fraction of sp³-hybridized carbons (Fsp3) is 0.500. The molecular weight excluding hydrogens is 405 g/mol. The minimum Gasteiger partial charge on any atom is -0.412 e. The quantitative estimate of drug-likeness (QED) is 0.290. The SMILES string of the molecule is S=C([S-])NCCNC(=S)[S-].[Hg+2]. The molecule has 0 atom stereocenters. The van der Waals surface area contributed by atoms with Gasteiger partial charge in [0.25, 0.3) is 0 Å². The van der Waals surface area contributed by atoms with E-state index in [4.69, 9.17) is 0 Å². The maximum Gasteiger partial charge on any atom is 2.00 e. The topological polar surface area (TPSA) is 24.1 Å². The van der Waals surface area contributed by atoms with Gasteiger partial charge in [0, 0.05) is 13.1 Å². The average molecular weight is 411 g/mol. The molecule has 11 heavy (non-hydrogen) atoms. The van der Waals surface area contributed by atoms with Crippen LogP contribution in [0.3, 0.4) is 0 Å². The molecule has 0 rings (SSSR count). The Bertz CT molecular complexity index is 124. The first-order valence-corrected chi connectivity index (χ1v) is 4.16. The van der Waals surface area contributed by atoms with Crippen molar-refractivity contribution in [3.63, 3.8) is 0 Å². The van der Waals surface area contributed by atoms with Crippen LogP contribution in [0, 0.1) is 0 Å². The van der Waals surface area contributed by atoms with E-state index in [1.54, 1.807) is 0 Å². The molecule has 0 aromatic heterocycles. The first kappa shape index (κ1) is 14.7. The average Bonchev–Trinajstić information content (AvgIpc) is 1.79. The maximum absolute atomic E-state index is 4.59. The molecule has 0 amide bonds. The molecule has 0 fully saturated rings. The van der Waals surface area contributed by atoms with Crippen LogP contribution in [0.5, 0.6) is 0 Å². The van der Waals surface area contributed by atoms with Crippen LogP contribution in [0.4, 0.5) is 0 Å². The van der Waals surface area contributed by atoms with E-state index in [1.165, 1.54) is 0 Å². The Morgan fingerprint density at radius 1 is 1.00 bits per heavy atom. The van der Waals surface area contributed by atoms with Gasteiger partial charge in [-0.1, -0.05) is 8.64 Å². The molecule has 0 saturated heterocycles. The van der Waals surface area contributed by atoms with Gasteiger partial charge in [-0.15, -0.1) is 0 Å². The summed E-state index contributed by atoms with van der Waals surface area (Å²) in [7, 11) is 0. The third-order valence-corrected chi connectivity index (χ3v) is 1.24. The third kappa shape index (κ3) is 14.1. The molecule has 0 aliphatic heterocycles. The van der Waals surface area contributed by atoms with E-state index in [0.29, 0.717) is 21.7 Å². The van der Waals surface area contributed by atoms with Gasteiger partial charge in [0.2, 0.25) is 0 Å². The maximum atomic E-state index is 4.59. The molecule has 0 saturated carbocycles. The summed E-state index contributed by atoms with van der Waals surface area (Å²) in [6, 6.07) is 0. The van der Waals surface area contributed by atoms with Crippen LogP contribution in [0.25, 0.3) is 0 Å². The van der Waals surface area contributed by atoms with E-state index in [1.807, 2.05) is 0 Å². The zero-order valence-corrected chi connectivity index (χ0v) is 14.5. The van der Waals surface area contributed by atoms with Gasteiger partial charge in [0.15, 0.2) is 0 Å². The minimum absolute atomic E-state index is 0. The summed E-state index contributed by atoms with van der Waals surface area (Å²) in [5.41, 5.74) is 0. The van der Waals surface area contributed by atoms with Gasteiger partial charge >= 0.3 is 27.7 Å². The number of nitrogens with one attached hydrogen (secondary N) is 2. The van der Waals surface area contributed by atoms with Crippen LogP contribution in [0.15, 0.2) is 0 Å². The van der Waals surface area contributed by atoms with E-state index in [9.17, 15) is 0 Å². The summed E-state index contributed by atoms with van der Waals surface area (Å²) < 4.78 is 0.745. The predicted molar refractivity (Wildman–Crippen MR) is 55.9 cm³/mol. The Kier molecular flexibility index (Phi) is 12.3. The predicted octanol–water partition coefficient (Wildman–Crippen LogP) is -0.173. The second-order valence-electron chi connectivity index (χ2n) is 1.43. The van der Waals surface area contributed by atoms with Crippen molar-refractivity contribution >= 4 is 58.3 Å². The molecule has 0 aromatic rings. The monoisotopic (exact) mass is 412 g/mol. The second-order valence-corrected chi connectivity index (χ2v) is 3.58. The Morgan fingerprint density at radius 2 is 1.27 bits per heavy atom. The fourth-order valence-corrected chi connectivity index (χ4v) is 0.737. The molecule has 58 valence electrons. The van der Waals surface area contributed by atoms with E-state index < -0.39 is 0 Å². The van der Waals surface area contributed by atoms with Gasteiger partial charge in [-0.25, -0.2) is 0 Å². The molecule has 7 heteroatoms. The van der Waals surface area contributed by atoms with Gasteiger partial charge in [0.1, 0.15) is 0 Å². The number of hydrogen-bond donors (Lipinski definition) is 2. The Hall–Kier alpha value is 1.16. The summed E-state index contributed by atoms with van der Waals surface area (Å²) in [4.78, 5) is 0. The van der Waals surface area contributed by atoms with E-state index in [0.717, 1.165) is 0 Å². The van der Waals surface area contributed by atoms with Crippen molar-refractivity contribution in [1.82, 2.24) is 10.6 Å². The number of hydrogen-bond acceptors (Lipinski definition) is 4. The van der Waals surface area contributed by atoms with Crippen molar-refractivity contribution < 1.29 is 27.7 Å². The Morgan fingerprint density at radius 3 is 1.45 bits per heavy atom. The molecule has 0 aliphatic carbocycles. The summed E-state index contributed by atoms with van der Waals surface area (Å²) in [6.45, 7) is 1.33. The molecule has 0 heterocycles. The van der Waals surface area contributed by atoms with Crippen LogP contribution in [0.1, 0.15) is 0 Å².